The fourth-order valence-electron chi connectivity index (χ4n) is 2.96. The van der Waals surface area contributed by atoms with Crippen molar-refractivity contribution in [2.45, 2.75) is 5.92 Å². The summed E-state index contributed by atoms with van der Waals surface area (Å²) in [6, 6.07) is 31.3. The Morgan fingerprint density at radius 2 is 1.14 bits per heavy atom. The van der Waals surface area contributed by atoms with Gasteiger partial charge in [-0.25, -0.2) is 0 Å². The van der Waals surface area contributed by atoms with E-state index in [0.29, 0.717) is 0 Å². The highest BCUT2D eigenvalue weighted by atomic mass is 16.3. The molecule has 3 aromatic carbocycles. The first-order valence-electron chi connectivity index (χ1n) is 7.50. The summed E-state index contributed by atoms with van der Waals surface area (Å²) >= 11 is 0. The minimum absolute atomic E-state index is 0.120. The molecule has 106 valence electrons. The van der Waals surface area contributed by atoms with Crippen molar-refractivity contribution in [1.82, 2.24) is 0 Å². The minimum atomic E-state index is 0.120. The van der Waals surface area contributed by atoms with Crippen LogP contribution in [-0.2, 0) is 0 Å². The Kier molecular flexibility index (Phi) is 3.24. The van der Waals surface area contributed by atoms with Crippen LogP contribution in [0.4, 0.5) is 0 Å². The van der Waals surface area contributed by atoms with Gasteiger partial charge in [-0.05, 0) is 23.3 Å². The number of furan rings is 1. The standard InChI is InChI=1S/C21H16O/c1-3-9-16(10-4-1)21(17-11-5-2-6-12-17)20-15-18-13-7-8-14-19(18)22-20/h1-15,21H. The molecule has 0 unspecified atom stereocenters. The zero-order valence-corrected chi connectivity index (χ0v) is 12.1. The summed E-state index contributed by atoms with van der Waals surface area (Å²) in [6.07, 6.45) is 0. The van der Waals surface area contributed by atoms with Gasteiger partial charge in [-0.2, -0.15) is 0 Å². The fourth-order valence-corrected chi connectivity index (χ4v) is 2.96. The molecule has 0 fully saturated rings. The van der Waals surface area contributed by atoms with Crippen LogP contribution in [0.5, 0.6) is 0 Å². The van der Waals surface area contributed by atoms with Crippen molar-refractivity contribution < 1.29 is 4.42 Å². The number of fused-ring (bicyclic) bond motifs is 1. The molecule has 0 spiro atoms. The first kappa shape index (κ1) is 12.9. The quantitative estimate of drug-likeness (QED) is 0.476. The van der Waals surface area contributed by atoms with E-state index in [9.17, 15) is 0 Å². The minimum Gasteiger partial charge on any atom is -0.460 e. The second kappa shape index (κ2) is 5.53. The molecular weight excluding hydrogens is 268 g/mol. The van der Waals surface area contributed by atoms with Crippen LogP contribution < -0.4 is 0 Å². The lowest BCUT2D eigenvalue weighted by molar-refractivity contribution is 0.542. The first-order valence-corrected chi connectivity index (χ1v) is 7.50. The Hall–Kier alpha value is -2.80. The third-order valence-electron chi connectivity index (χ3n) is 3.99. The summed E-state index contributed by atoms with van der Waals surface area (Å²) < 4.78 is 6.14. The molecule has 1 heteroatoms. The largest absolute Gasteiger partial charge is 0.460 e. The van der Waals surface area contributed by atoms with Gasteiger partial charge in [0.2, 0.25) is 0 Å². The summed E-state index contributed by atoms with van der Waals surface area (Å²) in [7, 11) is 0. The average Bonchev–Trinajstić information content (AvgIpc) is 3.00. The molecule has 1 heterocycles. The molecule has 0 aliphatic heterocycles. The van der Waals surface area contributed by atoms with Gasteiger partial charge < -0.3 is 4.42 Å². The number of hydrogen-bond donors (Lipinski definition) is 0. The fraction of sp³-hybridized carbons (Fsp3) is 0.0476. The third kappa shape index (κ3) is 2.31. The normalized spacial score (nSPS) is 11.1. The van der Waals surface area contributed by atoms with Crippen molar-refractivity contribution in [2.75, 3.05) is 0 Å². The Balaban J connectivity index is 1.90. The van der Waals surface area contributed by atoms with Crippen LogP contribution in [-0.4, -0.2) is 0 Å². The van der Waals surface area contributed by atoms with E-state index in [1.54, 1.807) is 0 Å². The second-order valence-electron chi connectivity index (χ2n) is 5.44. The summed E-state index contributed by atoms with van der Waals surface area (Å²) in [4.78, 5) is 0. The Bertz CT molecular complexity index is 803. The molecule has 0 N–H and O–H groups in total. The molecule has 4 aromatic rings. The van der Waals surface area contributed by atoms with Crippen molar-refractivity contribution in [2.24, 2.45) is 0 Å². The SMILES string of the molecule is c1ccc(C(c2ccccc2)c2cc3ccccc3o2)cc1. The molecule has 1 nitrogen and oxygen atoms in total. The van der Waals surface area contributed by atoms with Gasteiger partial charge >= 0.3 is 0 Å². The second-order valence-corrected chi connectivity index (χ2v) is 5.44. The van der Waals surface area contributed by atoms with Crippen molar-refractivity contribution >= 4 is 11.0 Å². The van der Waals surface area contributed by atoms with Gasteiger partial charge in [0.1, 0.15) is 11.3 Å². The lowest BCUT2D eigenvalue weighted by atomic mass is 9.89. The average molecular weight is 284 g/mol. The maximum absolute atomic E-state index is 6.14. The Morgan fingerprint density at radius 1 is 0.591 bits per heavy atom. The van der Waals surface area contributed by atoms with Crippen LogP contribution in [0.25, 0.3) is 11.0 Å². The summed E-state index contributed by atoms with van der Waals surface area (Å²) in [6.45, 7) is 0. The highest BCUT2D eigenvalue weighted by Crippen LogP contribution is 2.34. The Labute approximate surface area is 129 Å². The van der Waals surface area contributed by atoms with Gasteiger partial charge in [0, 0.05) is 5.39 Å². The van der Waals surface area contributed by atoms with E-state index in [1.807, 2.05) is 30.3 Å². The van der Waals surface area contributed by atoms with Crippen LogP contribution >= 0.6 is 0 Å². The van der Waals surface area contributed by atoms with E-state index in [4.69, 9.17) is 4.42 Å². The Morgan fingerprint density at radius 3 is 1.73 bits per heavy atom. The first-order chi connectivity index (χ1) is 10.9. The topological polar surface area (TPSA) is 13.1 Å². The van der Waals surface area contributed by atoms with Gasteiger partial charge in [0.25, 0.3) is 0 Å². The smallest absolute Gasteiger partial charge is 0.134 e. The van der Waals surface area contributed by atoms with Crippen molar-refractivity contribution in [3.63, 3.8) is 0 Å². The molecule has 4 rings (SSSR count). The molecule has 0 aliphatic carbocycles. The number of benzene rings is 3. The van der Waals surface area contributed by atoms with Gasteiger partial charge in [0.05, 0.1) is 5.92 Å². The van der Waals surface area contributed by atoms with Gasteiger partial charge in [0.15, 0.2) is 0 Å². The van der Waals surface area contributed by atoms with Gasteiger partial charge in [-0.1, -0.05) is 78.9 Å². The summed E-state index contributed by atoms with van der Waals surface area (Å²) in [5.74, 6) is 1.10. The number of hydrogen-bond acceptors (Lipinski definition) is 1. The molecule has 22 heavy (non-hydrogen) atoms. The summed E-state index contributed by atoms with van der Waals surface area (Å²) in [5.41, 5.74) is 3.43. The van der Waals surface area contributed by atoms with Crippen LogP contribution in [0, 0.1) is 0 Å². The number of rotatable bonds is 3. The lowest BCUT2D eigenvalue weighted by Crippen LogP contribution is -2.01. The van der Waals surface area contributed by atoms with Gasteiger partial charge in [-0.3, -0.25) is 0 Å². The van der Waals surface area contributed by atoms with E-state index in [0.717, 1.165) is 16.7 Å². The zero-order valence-electron chi connectivity index (χ0n) is 12.1. The molecular formula is C21H16O. The molecule has 0 aliphatic rings. The van der Waals surface area contributed by atoms with Gasteiger partial charge in [-0.15, -0.1) is 0 Å². The molecule has 0 radical (unpaired) electrons. The lowest BCUT2D eigenvalue weighted by Gasteiger charge is -2.15. The number of para-hydroxylation sites is 1. The molecule has 0 saturated carbocycles. The van der Waals surface area contributed by atoms with Crippen molar-refractivity contribution in [3.05, 3.63) is 108 Å². The monoisotopic (exact) mass is 284 g/mol. The van der Waals surface area contributed by atoms with Crippen LogP contribution in [0.1, 0.15) is 22.8 Å². The zero-order chi connectivity index (χ0) is 14.8. The molecule has 0 amide bonds. The predicted molar refractivity (Wildman–Crippen MR) is 90.0 cm³/mol. The maximum atomic E-state index is 6.14. The molecule has 1 aromatic heterocycles. The predicted octanol–water partition coefficient (Wildman–Crippen LogP) is 5.61. The van der Waals surface area contributed by atoms with E-state index in [-0.39, 0.29) is 5.92 Å². The van der Waals surface area contributed by atoms with Crippen molar-refractivity contribution in [3.8, 4) is 0 Å². The van der Waals surface area contributed by atoms with E-state index in [2.05, 4.69) is 60.7 Å². The van der Waals surface area contributed by atoms with E-state index in [1.165, 1.54) is 11.1 Å². The van der Waals surface area contributed by atoms with Crippen molar-refractivity contribution in [1.29, 1.82) is 0 Å². The molecule has 0 atom stereocenters. The van der Waals surface area contributed by atoms with E-state index < -0.39 is 0 Å². The maximum Gasteiger partial charge on any atom is 0.134 e. The van der Waals surface area contributed by atoms with Crippen LogP contribution in [0.2, 0.25) is 0 Å². The molecule has 0 bridgehead atoms. The van der Waals surface area contributed by atoms with Crippen LogP contribution in [0.15, 0.2) is 95.4 Å². The third-order valence-corrected chi connectivity index (χ3v) is 3.99. The van der Waals surface area contributed by atoms with E-state index >= 15 is 0 Å². The highest BCUT2D eigenvalue weighted by molar-refractivity contribution is 5.78. The highest BCUT2D eigenvalue weighted by Gasteiger charge is 2.20. The summed E-state index contributed by atoms with van der Waals surface area (Å²) in [5, 5.41) is 1.15. The molecule has 0 saturated heterocycles. The van der Waals surface area contributed by atoms with Crippen LogP contribution in [0.3, 0.4) is 0 Å².